The first-order valence-electron chi connectivity index (χ1n) is 31.7. The first-order chi connectivity index (χ1) is 46.0. The van der Waals surface area contributed by atoms with Crippen molar-refractivity contribution >= 4 is 70.7 Å². The second-order valence-electron chi connectivity index (χ2n) is 24.3. The fourth-order valence-electron chi connectivity index (χ4n) is 11.8. The molecule has 7 amide bonds. The number of unbranched alkanes of at least 4 members (excludes halogenated alkanes) is 1. The van der Waals surface area contributed by atoms with Crippen LogP contribution < -0.4 is 41.0 Å². The highest BCUT2D eigenvalue weighted by atomic mass is 32.2. The maximum absolute atomic E-state index is 15.0. The number of rotatable bonds is 24. The van der Waals surface area contributed by atoms with Crippen molar-refractivity contribution in [2.75, 3.05) is 64.0 Å². The molecule has 34 heteroatoms. The number of carbonyl (C=O) groups excluding carboxylic acids is 7. The van der Waals surface area contributed by atoms with Crippen molar-refractivity contribution in [1.82, 2.24) is 51.9 Å². The van der Waals surface area contributed by atoms with E-state index in [1.54, 1.807) is 12.1 Å². The highest BCUT2D eigenvalue weighted by Gasteiger charge is 2.50. The number of nitrogens with zero attached hydrogens (tertiary/aromatic N) is 5. The molecule has 0 radical (unpaired) electrons. The van der Waals surface area contributed by atoms with Gasteiger partial charge < -0.3 is 101 Å². The summed E-state index contributed by atoms with van der Waals surface area (Å²) in [5, 5.41) is 136. The molecule has 3 aromatic carbocycles. The number of piperidine rings is 1. The molecule has 4 aliphatic heterocycles. The Morgan fingerprint density at radius 1 is 0.781 bits per heavy atom. The van der Waals surface area contributed by atoms with Crippen LogP contribution in [-0.4, -0.2) is 257 Å². The second-order valence-corrected chi connectivity index (χ2v) is 25.8. The van der Waals surface area contributed by atoms with Crippen molar-refractivity contribution in [1.29, 1.82) is 0 Å². The maximum atomic E-state index is 15.0. The van der Waals surface area contributed by atoms with Gasteiger partial charge in [0.05, 0.1) is 62.0 Å². The average molecular weight is 1380 g/mol. The van der Waals surface area contributed by atoms with Crippen LogP contribution in [0.4, 0.5) is 5.69 Å². The molecule has 8 rings (SSSR count). The summed E-state index contributed by atoms with van der Waals surface area (Å²) in [7, 11) is 0. The van der Waals surface area contributed by atoms with Crippen LogP contribution in [0.25, 0.3) is 21.1 Å². The van der Waals surface area contributed by atoms with E-state index in [9.17, 15) is 79.5 Å². The van der Waals surface area contributed by atoms with Crippen LogP contribution in [0.2, 0.25) is 0 Å². The maximum Gasteiger partial charge on any atom is 0.261 e. The summed E-state index contributed by atoms with van der Waals surface area (Å²) in [6, 6.07) is 5.43. The molecule has 13 atom stereocenters. The molecular formula is C62H85N11O21S2. The Balaban J connectivity index is 1.06. The standard InChI is InChI=1S/C62H85N11O21S2/c1-4-5-22-91-42-17-20-71(21-18-42)39-13-11-37(12-14-39)60-70-69-59(95-60)36-9-7-35(8-10-36)54(83)65-43-25-40(77)27-64-58(87)52-53(82)32(2)28-73(52)62(89)51(46(80)16-19-63-38(30-74)31-75)68-57(86)50(47(81)23-34-6-15-45(79)48(24-34)92-96-94-93-90)67-56(85)44-26-41(78)29-72(44)61(88)49(33(3)76)66-55(43)84/h6-15,24,32-33,38,40-44,46-47,49-53,63,74-82,90H,4-5,16-23,25-31H2,1-3H3,(H,64,87)(H,65,83)(H,66,84)(H,67,85)(H,68,86)/t32-,33+,40+,41+,43?,44-,46+,47+,49-,50-,51-,52-,53-/m0/s1. The summed E-state index contributed by atoms with van der Waals surface area (Å²) in [6.07, 6.45) is -8.37. The number of carbonyl (C=O) groups is 7. The normalized spacial score (nSPS) is 25.4. The van der Waals surface area contributed by atoms with Gasteiger partial charge in [0.1, 0.15) is 46.3 Å². The monoisotopic (exact) mass is 1380 g/mol. The van der Waals surface area contributed by atoms with E-state index in [4.69, 9.17) is 14.2 Å². The highest BCUT2D eigenvalue weighted by molar-refractivity contribution is 7.90. The van der Waals surface area contributed by atoms with Gasteiger partial charge >= 0.3 is 0 Å². The number of hydrogen-bond acceptors (Lipinski definition) is 27. The van der Waals surface area contributed by atoms with E-state index in [1.807, 2.05) is 24.3 Å². The predicted octanol–water partition coefficient (Wildman–Crippen LogP) is -1.99. The van der Waals surface area contributed by atoms with Crippen LogP contribution >= 0.6 is 23.7 Å². The largest absolute Gasteiger partial charge is 0.504 e. The Bertz CT molecular complexity index is 3260. The van der Waals surface area contributed by atoms with Crippen molar-refractivity contribution in [3.8, 4) is 32.6 Å². The van der Waals surface area contributed by atoms with Crippen LogP contribution in [-0.2, 0) is 49.3 Å². The van der Waals surface area contributed by atoms with Crippen molar-refractivity contribution in [3.63, 3.8) is 0 Å². The Labute approximate surface area is 560 Å². The number of aliphatic hydroxyl groups is 8. The number of anilines is 1. The molecule has 0 spiro atoms. The lowest BCUT2D eigenvalue weighted by molar-refractivity contribution is -0.433. The summed E-state index contributed by atoms with van der Waals surface area (Å²) in [5.74, 6) is -9.61. The molecule has 5 heterocycles. The molecule has 16 N–H and O–H groups in total. The molecular weight excluding hydrogens is 1300 g/mol. The minimum Gasteiger partial charge on any atom is -0.504 e. The lowest BCUT2D eigenvalue weighted by Crippen LogP contribution is -2.64. The molecule has 0 aliphatic carbocycles. The van der Waals surface area contributed by atoms with Gasteiger partial charge in [-0.2, -0.15) is 0 Å². The first-order valence-corrected chi connectivity index (χ1v) is 33.2. The fraction of sp³-hybridized carbons (Fsp3) is 0.565. The van der Waals surface area contributed by atoms with Gasteiger partial charge in [-0.25, -0.2) is 5.26 Å². The lowest BCUT2D eigenvalue weighted by atomic mass is 9.98. The predicted molar refractivity (Wildman–Crippen MR) is 343 cm³/mol. The van der Waals surface area contributed by atoms with Crippen molar-refractivity contribution in [2.45, 2.75) is 157 Å². The molecule has 0 bridgehead atoms. The molecule has 4 saturated heterocycles. The average Bonchev–Trinajstić information content (AvgIpc) is 1.64. The molecule has 1 aromatic heterocycles. The number of β-amino-alcohol motifs (C(OH)–C–C–N with tert-alkyl or cyclic N) is 1. The number of fused-ring (bicyclic) bond motifs is 2. The zero-order valence-electron chi connectivity index (χ0n) is 53.0. The van der Waals surface area contributed by atoms with Crippen LogP contribution in [0.1, 0.15) is 81.6 Å². The van der Waals surface area contributed by atoms with E-state index in [0.717, 1.165) is 85.5 Å². The minimum absolute atomic E-state index is 0.0159. The molecule has 0 saturated carbocycles. The number of amides is 7. The first kappa shape index (κ1) is 74.5. The number of aliphatic hydroxyl groups excluding tert-OH is 8. The smallest absolute Gasteiger partial charge is 0.261 e. The van der Waals surface area contributed by atoms with Crippen LogP contribution in [0, 0.1) is 5.92 Å². The van der Waals surface area contributed by atoms with E-state index in [-0.39, 0.29) is 48.4 Å². The van der Waals surface area contributed by atoms with Gasteiger partial charge in [0, 0.05) is 86.9 Å². The van der Waals surface area contributed by atoms with Crippen molar-refractivity contribution < 1.29 is 103 Å². The van der Waals surface area contributed by atoms with Crippen LogP contribution in [0.3, 0.4) is 0 Å². The van der Waals surface area contributed by atoms with E-state index in [0.29, 0.717) is 15.6 Å². The summed E-state index contributed by atoms with van der Waals surface area (Å²) >= 11 is 1.39. The number of phenols is 1. The van der Waals surface area contributed by atoms with Gasteiger partial charge in [-0.05, 0) is 93.2 Å². The summed E-state index contributed by atoms with van der Waals surface area (Å²) in [4.78, 5) is 106. The van der Waals surface area contributed by atoms with Gasteiger partial charge in [0.2, 0.25) is 35.4 Å². The van der Waals surface area contributed by atoms with Crippen LogP contribution in [0.15, 0.2) is 66.7 Å². The number of nitrogens with one attached hydrogen (secondary N) is 6. The Kier molecular flexibility index (Phi) is 27.4. The van der Waals surface area contributed by atoms with Crippen molar-refractivity contribution in [3.05, 3.63) is 77.9 Å². The quantitative estimate of drug-likeness (QED) is 0.0156. The Hall–Kier alpha value is -7.26. The van der Waals surface area contributed by atoms with E-state index >= 15 is 0 Å². The topological polar surface area (TPSA) is 466 Å². The van der Waals surface area contributed by atoms with E-state index in [2.05, 4.69) is 63.3 Å². The number of ether oxygens (including phenoxy) is 1. The molecule has 96 heavy (non-hydrogen) atoms. The molecule has 4 fully saturated rings. The third-order valence-corrected chi connectivity index (χ3v) is 18.7. The zero-order valence-corrected chi connectivity index (χ0v) is 54.7. The van der Waals surface area contributed by atoms with Gasteiger partial charge in [-0.15, -0.1) is 10.2 Å². The molecule has 1 unspecified atom stereocenters. The number of phenolic OH excluding ortho intramolecular Hbond substituents is 1. The van der Waals surface area contributed by atoms with E-state index in [1.165, 1.54) is 36.5 Å². The van der Waals surface area contributed by atoms with Crippen molar-refractivity contribution in [2.24, 2.45) is 5.92 Å². The van der Waals surface area contributed by atoms with Gasteiger partial charge in [0.25, 0.3) is 18.2 Å². The Morgan fingerprint density at radius 2 is 1.43 bits per heavy atom. The molecule has 526 valence electrons. The molecule has 4 aromatic rings. The summed E-state index contributed by atoms with van der Waals surface area (Å²) < 4.78 is 15.4. The third-order valence-electron chi connectivity index (χ3n) is 17.3. The number of hydrogen-bond donors (Lipinski definition) is 16. The van der Waals surface area contributed by atoms with Crippen LogP contribution in [0.5, 0.6) is 11.5 Å². The van der Waals surface area contributed by atoms with Gasteiger partial charge in [-0.1, -0.05) is 59.2 Å². The van der Waals surface area contributed by atoms with E-state index < -0.39 is 184 Å². The van der Waals surface area contributed by atoms with Gasteiger partial charge in [-0.3, -0.25) is 33.6 Å². The second kappa shape index (κ2) is 35.3. The number of benzene rings is 3. The minimum atomic E-state index is -2.16. The van der Waals surface area contributed by atoms with Gasteiger partial charge in [0.15, 0.2) is 11.5 Å². The summed E-state index contributed by atoms with van der Waals surface area (Å²) in [5.41, 5.74) is 2.65. The molecule has 4 aliphatic rings. The fourth-order valence-corrected chi connectivity index (χ4v) is 12.9. The third kappa shape index (κ3) is 19.3. The zero-order chi connectivity index (χ0) is 69.3. The molecule has 32 nitrogen and oxygen atoms in total. The lowest BCUT2D eigenvalue weighted by Gasteiger charge is -2.34. The summed E-state index contributed by atoms with van der Waals surface area (Å²) in [6.45, 7) is 4.36. The SMILES string of the molecule is CCCCOC1CCN(c2ccc(-c3nnc(-c4ccc(C(=O)NC5C[C@@H](O)CNC(=O)[C@@H]6[C@@H](O)[C@@H](C)CN6C(=O)[C@H]([C@H](O)CCNC(CO)CO)NC(=O)[C@H]([C@H](O)Cc6ccc(O)c(OSOOO)c6)NC(=O)[C@@H]6C[C@@H](O)CN6C(=O)[C@H]([C@@H](C)O)NC5=O)cc4)s3)cc2)CC1. The number of aromatic hydroxyl groups is 1. The highest BCUT2D eigenvalue weighted by Crippen LogP contribution is 2.34. The number of aromatic nitrogens is 2. The Morgan fingerprint density at radius 3 is 2.07 bits per heavy atom.